The van der Waals surface area contributed by atoms with E-state index in [0.717, 1.165) is 24.1 Å². The van der Waals surface area contributed by atoms with E-state index in [0.29, 0.717) is 32.8 Å². The van der Waals surface area contributed by atoms with Gasteiger partial charge in [-0.3, -0.25) is 4.79 Å². The summed E-state index contributed by atoms with van der Waals surface area (Å²) in [5.74, 6) is -0.286. The molecule has 1 spiro atoms. The van der Waals surface area contributed by atoms with Crippen LogP contribution in [0.3, 0.4) is 0 Å². The molecule has 1 amide bonds. The Morgan fingerprint density at radius 3 is 2.57 bits per heavy atom. The third-order valence-electron chi connectivity index (χ3n) is 4.27. The Hall–Kier alpha value is -1.59. The molecule has 0 unspecified atom stereocenters. The van der Waals surface area contributed by atoms with E-state index in [1.807, 2.05) is 36.1 Å². The van der Waals surface area contributed by atoms with E-state index in [1.54, 1.807) is 0 Å². The maximum Gasteiger partial charge on any atom is 0.241 e. The molecule has 1 N–H and O–H groups in total. The van der Waals surface area contributed by atoms with Crippen molar-refractivity contribution in [3.8, 4) is 0 Å². The summed E-state index contributed by atoms with van der Waals surface area (Å²) < 4.78 is 11.4. The van der Waals surface area contributed by atoms with Crippen molar-refractivity contribution in [2.75, 3.05) is 38.2 Å². The molecular formula is C16H22N2O3. The van der Waals surface area contributed by atoms with Gasteiger partial charge in [0.15, 0.2) is 5.79 Å². The van der Waals surface area contributed by atoms with Gasteiger partial charge in [-0.25, -0.2) is 0 Å². The van der Waals surface area contributed by atoms with Crippen molar-refractivity contribution >= 4 is 11.6 Å². The number of piperidine rings is 1. The Kier molecular flexibility index (Phi) is 4.12. The smallest absolute Gasteiger partial charge is 0.241 e. The minimum Gasteiger partial charge on any atom is -0.376 e. The van der Waals surface area contributed by atoms with Crippen LogP contribution in [-0.4, -0.2) is 49.4 Å². The van der Waals surface area contributed by atoms with Crippen molar-refractivity contribution in [1.82, 2.24) is 4.90 Å². The molecule has 3 rings (SSSR count). The molecule has 0 bridgehead atoms. The highest BCUT2D eigenvalue weighted by Gasteiger charge is 2.40. The Morgan fingerprint density at radius 1 is 1.24 bits per heavy atom. The highest BCUT2D eigenvalue weighted by atomic mass is 16.7. The predicted molar refractivity (Wildman–Crippen MR) is 80.1 cm³/mol. The third kappa shape index (κ3) is 3.19. The van der Waals surface area contributed by atoms with Gasteiger partial charge in [0.1, 0.15) is 0 Å². The Morgan fingerprint density at radius 2 is 1.90 bits per heavy atom. The number of hydrogen-bond acceptors (Lipinski definition) is 4. The maximum atomic E-state index is 12.3. The number of nitrogens with zero attached hydrogens (tertiary/aromatic N) is 1. The van der Waals surface area contributed by atoms with Crippen molar-refractivity contribution in [1.29, 1.82) is 0 Å². The number of hydrogen-bond donors (Lipinski definition) is 1. The van der Waals surface area contributed by atoms with Gasteiger partial charge in [0, 0.05) is 31.6 Å². The van der Waals surface area contributed by atoms with Crippen molar-refractivity contribution in [3.63, 3.8) is 0 Å². The number of para-hydroxylation sites is 1. The number of likely N-dealkylation sites (tertiary alicyclic amines) is 1. The minimum absolute atomic E-state index is 0.131. The van der Waals surface area contributed by atoms with Gasteiger partial charge in [0.2, 0.25) is 5.91 Å². The third-order valence-corrected chi connectivity index (χ3v) is 4.27. The zero-order chi connectivity index (χ0) is 14.7. The van der Waals surface area contributed by atoms with E-state index < -0.39 is 5.79 Å². The fourth-order valence-corrected chi connectivity index (χ4v) is 2.94. The van der Waals surface area contributed by atoms with Crippen molar-refractivity contribution in [3.05, 3.63) is 29.8 Å². The van der Waals surface area contributed by atoms with Crippen LogP contribution in [0, 0.1) is 6.92 Å². The molecule has 1 aromatic rings. The van der Waals surface area contributed by atoms with Gasteiger partial charge in [-0.1, -0.05) is 18.2 Å². The van der Waals surface area contributed by atoms with Crippen LogP contribution < -0.4 is 5.32 Å². The van der Waals surface area contributed by atoms with Crippen LogP contribution in [0.1, 0.15) is 18.4 Å². The number of carbonyl (C=O) groups is 1. The summed E-state index contributed by atoms with van der Waals surface area (Å²) in [6.45, 7) is 5.11. The topological polar surface area (TPSA) is 50.8 Å². The molecule has 0 atom stereocenters. The molecule has 5 nitrogen and oxygen atoms in total. The monoisotopic (exact) mass is 290 g/mol. The van der Waals surface area contributed by atoms with Crippen LogP contribution in [0.15, 0.2) is 24.3 Å². The number of nitrogens with one attached hydrogen (secondary N) is 1. The molecule has 0 saturated carbocycles. The average Bonchev–Trinajstić information content (AvgIpc) is 2.95. The quantitative estimate of drug-likeness (QED) is 0.922. The molecule has 0 radical (unpaired) electrons. The SMILES string of the molecule is Cc1ccccc1NCC(=O)N1CCC2(CC1)OCCO2. The number of benzene rings is 1. The van der Waals surface area contributed by atoms with Crippen molar-refractivity contribution in [2.24, 2.45) is 0 Å². The lowest BCUT2D eigenvalue weighted by molar-refractivity contribution is -0.187. The Labute approximate surface area is 125 Å². The molecule has 1 aromatic carbocycles. The average molecular weight is 290 g/mol. The lowest BCUT2D eigenvalue weighted by atomic mass is 10.0. The van der Waals surface area contributed by atoms with Crippen molar-refractivity contribution in [2.45, 2.75) is 25.6 Å². The number of carbonyl (C=O) groups excluding carboxylic acids is 1. The van der Waals surface area contributed by atoms with Gasteiger partial charge in [-0.05, 0) is 18.6 Å². The van der Waals surface area contributed by atoms with Crippen LogP contribution >= 0.6 is 0 Å². The first-order valence-electron chi connectivity index (χ1n) is 7.54. The van der Waals surface area contributed by atoms with Gasteiger partial charge in [0.05, 0.1) is 19.8 Å². The van der Waals surface area contributed by atoms with Crippen molar-refractivity contribution < 1.29 is 14.3 Å². The lowest BCUT2D eigenvalue weighted by Crippen LogP contribution is -2.48. The molecule has 2 fully saturated rings. The van der Waals surface area contributed by atoms with Crippen LogP contribution in [0.2, 0.25) is 0 Å². The fraction of sp³-hybridized carbons (Fsp3) is 0.562. The molecule has 5 heteroatoms. The largest absolute Gasteiger partial charge is 0.376 e. The fourth-order valence-electron chi connectivity index (χ4n) is 2.94. The summed E-state index contributed by atoms with van der Waals surface area (Å²) in [6.07, 6.45) is 1.53. The van der Waals surface area contributed by atoms with Gasteiger partial charge >= 0.3 is 0 Å². The van der Waals surface area contributed by atoms with E-state index in [-0.39, 0.29) is 5.91 Å². The highest BCUT2D eigenvalue weighted by molar-refractivity contribution is 5.81. The first-order chi connectivity index (χ1) is 10.2. The first kappa shape index (κ1) is 14.4. The number of anilines is 1. The second-order valence-electron chi connectivity index (χ2n) is 5.66. The number of aryl methyl sites for hydroxylation is 1. The molecule has 2 saturated heterocycles. The zero-order valence-corrected chi connectivity index (χ0v) is 12.4. The van der Waals surface area contributed by atoms with Crippen LogP contribution in [0.5, 0.6) is 0 Å². The second kappa shape index (κ2) is 6.03. The molecule has 2 heterocycles. The molecule has 114 valence electrons. The van der Waals surface area contributed by atoms with E-state index in [9.17, 15) is 4.79 Å². The second-order valence-corrected chi connectivity index (χ2v) is 5.66. The molecule has 0 aromatic heterocycles. The van der Waals surface area contributed by atoms with Gasteiger partial charge < -0.3 is 19.7 Å². The van der Waals surface area contributed by atoms with Crippen LogP contribution in [-0.2, 0) is 14.3 Å². The maximum absolute atomic E-state index is 12.3. The summed E-state index contributed by atoms with van der Waals surface area (Å²) in [7, 11) is 0. The van der Waals surface area contributed by atoms with E-state index in [4.69, 9.17) is 9.47 Å². The highest BCUT2D eigenvalue weighted by Crippen LogP contribution is 2.31. The van der Waals surface area contributed by atoms with Gasteiger partial charge in [-0.15, -0.1) is 0 Å². The van der Waals surface area contributed by atoms with Gasteiger partial charge in [-0.2, -0.15) is 0 Å². The molecule has 21 heavy (non-hydrogen) atoms. The summed E-state index contributed by atoms with van der Waals surface area (Å²) in [4.78, 5) is 14.2. The molecule has 0 aliphatic carbocycles. The number of rotatable bonds is 3. The zero-order valence-electron chi connectivity index (χ0n) is 12.4. The number of ether oxygens (including phenoxy) is 2. The normalized spacial score (nSPS) is 20.7. The summed E-state index contributed by atoms with van der Waals surface area (Å²) in [5, 5.41) is 3.22. The molecular weight excluding hydrogens is 268 g/mol. The minimum atomic E-state index is -0.416. The van der Waals surface area contributed by atoms with E-state index >= 15 is 0 Å². The Balaban J connectivity index is 1.49. The van der Waals surface area contributed by atoms with Gasteiger partial charge in [0.25, 0.3) is 0 Å². The molecule has 2 aliphatic heterocycles. The van der Waals surface area contributed by atoms with E-state index in [1.165, 1.54) is 0 Å². The lowest BCUT2D eigenvalue weighted by Gasteiger charge is -2.37. The summed E-state index contributed by atoms with van der Waals surface area (Å²) in [6, 6.07) is 7.99. The van der Waals surface area contributed by atoms with Crippen LogP contribution in [0.25, 0.3) is 0 Å². The summed E-state index contributed by atoms with van der Waals surface area (Å²) >= 11 is 0. The predicted octanol–water partition coefficient (Wildman–Crippen LogP) is 1.77. The first-order valence-corrected chi connectivity index (χ1v) is 7.54. The molecule has 2 aliphatic rings. The number of amides is 1. The summed E-state index contributed by atoms with van der Waals surface area (Å²) in [5.41, 5.74) is 2.16. The standard InChI is InChI=1S/C16H22N2O3/c1-13-4-2-3-5-14(13)17-12-15(19)18-8-6-16(7-9-18)20-10-11-21-16/h2-5,17H,6-12H2,1H3. The van der Waals surface area contributed by atoms with Crippen LogP contribution in [0.4, 0.5) is 5.69 Å². The Bertz CT molecular complexity index is 502. The van der Waals surface area contributed by atoms with E-state index in [2.05, 4.69) is 5.32 Å².